The van der Waals surface area contributed by atoms with Crippen molar-refractivity contribution in [2.45, 2.75) is 5.92 Å². The summed E-state index contributed by atoms with van der Waals surface area (Å²) in [6, 6.07) is 15.6. The monoisotopic (exact) mass is 434 g/mol. The number of ether oxygens (including phenoxy) is 1. The molecule has 11 heteroatoms. The molecule has 3 aromatic rings. The van der Waals surface area contributed by atoms with Gasteiger partial charge in [0.15, 0.2) is 0 Å². The minimum absolute atomic E-state index is 0.293. The minimum Gasteiger partial charge on any atom is -0.502 e. The van der Waals surface area contributed by atoms with Crippen molar-refractivity contribution in [2.24, 2.45) is 5.10 Å². The quantitative estimate of drug-likeness (QED) is 0.353. The van der Waals surface area contributed by atoms with Gasteiger partial charge in [-0.1, -0.05) is 36.4 Å². The Kier molecular flexibility index (Phi) is 5.21. The van der Waals surface area contributed by atoms with Gasteiger partial charge in [-0.25, -0.2) is 5.43 Å². The van der Waals surface area contributed by atoms with Gasteiger partial charge in [0.2, 0.25) is 5.75 Å². The Labute approximate surface area is 179 Å². The van der Waals surface area contributed by atoms with E-state index in [4.69, 9.17) is 4.74 Å². The van der Waals surface area contributed by atoms with Crippen molar-refractivity contribution < 1.29 is 24.5 Å². The van der Waals surface area contributed by atoms with Crippen LogP contribution in [0.5, 0.6) is 17.2 Å². The number of nitro benzene ring substituents is 2. The lowest BCUT2D eigenvalue weighted by Gasteiger charge is -2.26. The van der Waals surface area contributed by atoms with E-state index in [-0.39, 0.29) is 5.56 Å². The summed E-state index contributed by atoms with van der Waals surface area (Å²) in [5.41, 5.74) is 1.83. The normalized spacial score (nSPS) is 12.5. The van der Waals surface area contributed by atoms with Crippen molar-refractivity contribution in [1.29, 1.82) is 0 Å². The van der Waals surface area contributed by atoms with Gasteiger partial charge in [-0.3, -0.25) is 25.0 Å². The second-order valence-electron chi connectivity index (χ2n) is 6.76. The summed E-state index contributed by atoms with van der Waals surface area (Å²) in [5.74, 6) is -1.05. The van der Waals surface area contributed by atoms with Crippen LogP contribution >= 0.6 is 0 Å². The SMILES string of the molecule is O=C(N/N=C/c1cc([N+](=O)[O-])cc([N+](=O)[O-])c1O)C1c2ccccc2Oc2ccccc21. The minimum atomic E-state index is -0.950. The van der Waals surface area contributed by atoms with Crippen LogP contribution in [-0.4, -0.2) is 27.1 Å². The van der Waals surface area contributed by atoms with Crippen molar-refractivity contribution in [1.82, 2.24) is 5.43 Å². The van der Waals surface area contributed by atoms with Crippen LogP contribution in [-0.2, 0) is 4.79 Å². The Morgan fingerprint density at radius 1 is 1.00 bits per heavy atom. The predicted octanol–water partition coefficient (Wildman–Crippen LogP) is 3.60. The highest BCUT2D eigenvalue weighted by atomic mass is 16.6. The number of phenolic OH excluding ortho intramolecular Hbond substituents is 1. The zero-order chi connectivity index (χ0) is 22.8. The first kappa shape index (κ1) is 20.5. The Bertz CT molecular complexity index is 1240. The summed E-state index contributed by atoms with van der Waals surface area (Å²) in [4.78, 5) is 33.3. The zero-order valence-corrected chi connectivity index (χ0v) is 16.2. The van der Waals surface area contributed by atoms with E-state index in [9.17, 15) is 30.1 Å². The van der Waals surface area contributed by atoms with Gasteiger partial charge in [0.05, 0.1) is 33.6 Å². The molecular formula is C21H14N4O7. The number of phenols is 1. The fourth-order valence-corrected chi connectivity index (χ4v) is 3.39. The Morgan fingerprint density at radius 3 is 2.16 bits per heavy atom. The summed E-state index contributed by atoms with van der Waals surface area (Å²) < 4.78 is 5.84. The van der Waals surface area contributed by atoms with Gasteiger partial charge in [0.1, 0.15) is 11.5 Å². The summed E-state index contributed by atoms with van der Waals surface area (Å²) >= 11 is 0. The highest BCUT2D eigenvalue weighted by Gasteiger charge is 2.32. The van der Waals surface area contributed by atoms with Crippen molar-refractivity contribution in [3.8, 4) is 17.2 Å². The van der Waals surface area contributed by atoms with Crippen LogP contribution in [0.4, 0.5) is 11.4 Å². The molecule has 0 saturated carbocycles. The molecule has 160 valence electrons. The van der Waals surface area contributed by atoms with Gasteiger partial charge in [0.25, 0.3) is 11.6 Å². The smallest absolute Gasteiger partial charge is 0.318 e. The lowest BCUT2D eigenvalue weighted by atomic mass is 9.87. The second-order valence-corrected chi connectivity index (χ2v) is 6.76. The number of nitrogens with zero attached hydrogens (tertiary/aromatic N) is 3. The molecule has 32 heavy (non-hydrogen) atoms. The van der Waals surface area contributed by atoms with Gasteiger partial charge in [-0.15, -0.1) is 0 Å². The third-order valence-electron chi connectivity index (χ3n) is 4.83. The van der Waals surface area contributed by atoms with Gasteiger partial charge >= 0.3 is 5.69 Å². The molecule has 0 radical (unpaired) electrons. The molecule has 4 rings (SSSR count). The Morgan fingerprint density at radius 2 is 1.59 bits per heavy atom. The van der Waals surface area contributed by atoms with Crippen molar-refractivity contribution in [2.75, 3.05) is 0 Å². The standard InChI is InChI=1S/C21H14N4O7/c26-20-12(9-13(24(28)29)10-16(20)25(30)31)11-22-23-21(27)19-14-5-1-3-7-17(14)32-18-8-4-2-6-15(18)19/h1-11,19,26H,(H,23,27)/b22-11+. The molecule has 0 fully saturated rings. The number of rotatable bonds is 5. The Balaban J connectivity index is 1.64. The molecule has 3 aromatic carbocycles. The van der Waals surface area contributed by atoms with Crippen LogP contribution in [0.2, 0.25) is 0 Å². The summed E-state index contributed by atoms with van der Waals surface area (Å²) in [6.45, 7) is 0. The maximum absolute atomic E-state index is 13.0. The van der Waals surface area contributed by atoms with E-state index in [2.05, 4.69) is 10.5 Å². The molecule has 0 saturated heterocycles. The number of hydrogen-bond donors (Lipinski definition) is 2. The summed E-state index contributed by atoms with van der Waals surface area (Å²) in [5, 5.41) is 35.9. The summed E-state index contributed by atoms with van der Waals surface area (Å²) in [6.07, 6.45) is 0.907. The number of amides is 1. The number of aromatic hydroxyl groups is 1. The van der Waals surface area contributed by atoms with Gasteiger partial charge < -0.3 is 9.84 Å². The highest BCUT2D eigenvalue weighted by molar-refractivity contribution is 5.92. The van der Waals surface area contributed by atoms with E-state index in [1.54, 1.807) is 48.5 Å². The number of fused-ring (bicyclic) bond motifs is 2. The van der Waals surface area contributed by atoms with E-state index < -0.39 is 38.8 Å². The number of nitro groups is 2. The molecule has 0 bridgehead atoms. The number of non-ortho nitro benzene ring substituents is 1. The molecule has 0 atom stereocenters. The van der Waals surface area contributed by atoms with Crippen LogP contribution in [0.3, 0.4) is 0 Å². The lowest BCUT2D eigenvalue weighted by Crippen LogP contribution is -2.28. The topological polar surface area (TPSA) is 157 Å². The van der Waals surface area contributed by atoms with Gasteiger partial charge in [-0.05, 0) is 12.1 Å². The molecule has 11 nitrogen and oxygen atoms in total. The number of nitrogens with one attached hydrogen (secondary N) is 1. The number of benzene rings is 3. The first-order valence-electron chi connectivity index (χ1n) is 9.21. The molecule has 1 amide bonds. The Hall–Kier alpha value is -4.80. The van der Waals surface area contributed by atoms with Gasteiger partial charge in [0, 0.05) is 17.2 Å². The third kappa shape index (κ3) is 3.69. The highest BCUT2D eigenvalue weighted by Crippen LogP contribution is 2.43. The number of hydrogen-bond acceptors (Lipinski definition) is 8. The molecule has 0 aliphatic carbocycles. The maximum Gasteiger partial charge on any atom is 0.318 e. The van der Waals surface area contributed by atoms with Crippen molar-refractivity contribution in [3.05, 3.63) is 97.6 Å². The molecule has 2 N–H and O–H groups in total. The van der Waals surface area contributed by atoms with Crippen molar-refractivity contribution >= 4 is 23.5 Å². The molecular weight excluding hydrogens is 420 g/mol. The van der Waals surface area contributed by atoms with Crippen LogP contribution in [0, 0.1) is 20.2 Å². The van der Waals surface area contributed by atoms with Crippen LogP contribution in [0.1, 0.15) is 22.6 Å². The fourth-order valence-electron chi connectivity index (χ4n) is 3.39. The molecule has 1 heterocycles. The number of carbonyl (C=O) groups is 1. The van der Waals surface area contributed by atoms with E-state index in [0.29, 0.717) is 28.7 Å². The summed E-state index contributed by atoms with van der Waals surface area (Å²) in [7, 11) is 0. The zero-order valence-electron chi connectivity index (χ0n) is 16.2. The average Bonchev–Trinajstić information content (AvgIpc) is 2.77. The largest absolute Gasteiger partial charge is 0.502 e. The number of hydrazone groups is 1. The van der Waals surface area contributed by atoms with Crippen LogP contribution in [0.25, 0.3) is 0 Å². The molecule has 1 aliphatic rings. The van der Waals surface area contributed by atoms with Gasteiger partial charge in [-0.2, -0.15) is 5.10 Å². The molecule has 0 spiro atoms. The van der Waals surface area contributed by atoms with Crippen LogP contribution in [0.15, 0.2) is 65.8 Å². The molecule has 0 unspecified atom stereocenters. The van der Waals surface area contributed by atoms with Crippen LogP contribution < -0.4 is 10.2 Å². The first-order chi connectivity index (χ1) is 15.4. The number of carbonyl (C=O) groups excluding carboxylic acids is 1. The maximum atomic E-state index is 13.0. The molecule has 1 aliphatic heterocycles. The van der Waals surface area contributed by atoms with E-state index in [1.807, 2.05) is 0 Å². The fraction of sp³-hybridized carbons (Fsp3) is 0.0476. The van der Waals surface area contributed by atoms with Crippen molar-refractivity contribution in [3.63, 3.8) is 0 Å². The van der Waals surface area contributed by atoms with E-state index in [0.717, 1.165) is 12.3 Å². The predicted molar refractivity (Wildman–Crippen MR) is 112 cm³/mol. The van der Waals surface area contributed by atoms with E-state index in [1.165, 1.54) is 0 Å². The lowest BCUT2D eigenvalue weighted by molar-refractivity contribution is -0.394. The third-order valence-corrected chi connectivity index (χ3v) is 4.83. The first-order valence-corrected chi connectivity index (χ1v) is 9.21. The van der Waals surface area contributed by atoms with E-state index >= 15 is 0 Å². The number of para-hydroxylation sites is 2. The molecule has 0 aromatic heterocycles. The average molecular weight is 434 g/mol. The second kappa shape index (κ2) is 8.14.